The summed E-state index contributed by atoms with van der Waals surface area (Å²) in [6, 6.07) is -1.18. The predicted octanol–water partition coefficient (Wildman–Crippen LogP) is -2.32. The molecule has 0 radical (unpaired) electrons. The number of ether oxygens (including phenoxy) is 1. The first-order valence-electron chi connectivity index (χ1n) is 10.1. The lowest BCUT2D eigenvalue weighted by Gasteiger charge is -2.20. The zero-order valence-electron chi connectivity index (χ0n) is 17.4. The number of phosphoric acid groups is 2. The van der Waals surface area contributed by atoms with E-state index < -0.39 is 77.2 Å². The van der Waals surface area contributed by atoms with E-state index >= 15 is 0 Å². The van der Waals surface area contributed by atoms with E-state index in [1.807, 2.05) is 0 Å². The third-order valence-corrected chi connectivity index (χ3v) is 8.46. The van der Waals surface area contributed by atoms with Crippen LogP contribution < -0.4 is 5.56 Å². The lowest BCUT2D eigenvalue weighted by molar-refractivity contribution is -0.0504. The maximum Gasteiger partial charge on any atom is 0.481 e. The van der Waals surface area contributed by atoms with Crippen molar-refractivity contribution in [2.24, 2.45) is 0 Å². The molecular formula is C16H20N4O13P2. The van der Waals surface area contributed by atoms with Crippen LogP contribution in [0.2, 0.25) is 0 Å². The van der Waals surface area contributed by atoms with Gasteiger partial charge in [-0.15, -0.1) is 0 Å². The monoisotopic (exact) mass is 538 g/mol. The minimum atomic E-state index is -5.25. The highest BCUT2D eigenvalue weighted by molar-refractivity contribution is 7.61. The number of aliphatic hydroxyl groups is 4. The third kappa shape index (κ3) is 4.33. The molecule has 35 heavy (non-hydrogen) atoms. The summed E-state index contributed by atoms with van der Waals surface area (Å²) in [7, 11) is -10.5. The second-order valence-electron chi connectivity index (χ2n) is 8.08. The van der Waals surface area contributed by atoms with E-state index in [1.54, 1.807) is 0 Å². The molecule has 0 amide bonds. The number of nitrogens with zero attached hydrogens (tertiary/aromatic N) is 4. The van der Waals surface area contributed by atoms with E-state index in [1.165, 1.54) is 6.08 Å². The van der Waals surface area contributed by atoms with Gasteiger partial charge in [0.15, 0.2) is 17.4 Å². The Kier molecular flexibility index (Phi) is 6.12. The van der Waals surface area contributed by atoms with E-state index in [0.29, 0.717) is 0 Å². The Hall–Kier alpha value is -1.85. The summed E-state index contributed by atoms with van der Waals surface area (Å²) in [6.45, 7) is -1.67. The van der Waals surface area contributed by atoms with Gasteiger partial charge in [0, 0.05) is 0 Å². The van der Waals surface area contributed by atoms with Crippen molar-refractivity contribution in [2.75, 3.05) is 13.2 Å². The Morgan fingerprint density at radius 2 is 1.63 bits per heavy atom. The van der Waals surface area contributed by atoms with Crippen LogP contribution in [0.25, 0.3) is 11.2 Å². The van der Waals surface area contributed by atoms with Gasteiger partial charge >= 0.3 is 15.6 Å². The van der Waals surface area contributed by atoms with Crippen LogP contribution in [0, 0.1) is 0 Å². The molecular weight excluding hydrogens is 518 g/mol. The van der Waals surface area contributed by atoms with Crippen LogP contribution in [0.1, 0.15) is 12.3 Å². The van der Waals surface area contributed by atoms with Gasteiger partial charge in [-0.2, -0.15) is 4.31 Å². The smallest absolute Gasteiger partial charge is 0.388 e. The van der Waals surface area contributed by atoms with Crippen LogP contribution in [0.3, 0.4) is 0 Å². The molecule has 8 bridgehead atoms. The molecule has 6 N–H and O–H groups in total. The fraction of sp³-hybridized carbons (Fsp3) is 0.562. The largest absolute Gasteiger partial charge is 0.481 e. The van der Waals surface area contributed by atoms with Crippen molar-refractivity contribution in [1.29, 1.82) is 0 Å². The highest BCUT2D eigenvalue weighted by atomic mass is 31.3. The Morgan fingerprint density at radius 1 is 0.943 bits per heavy atom. The highest BCUT2D eigenvalue weighted by Crippen LogP contribution is 2.60. The van der Waals surface area contributed by atoms with E-state index in [4.69, 9.17) is 4.74 Å². The number of hydrogen-bond donors (Lipinski definition) is 6. The summed E-state index contributed by atoms with van der Waals surface area (Å²) < 4.78 is 45.5. The summed E-state index contributed by atoms with van der Waals surface area (Å²) in [4.78, 5) is 40.8. The Labute approximate surface area is 194 Å². The maximum absolute atomic E-state index is 13.1. The molecule has 9 atom stereocenters. The molecule has 2 unspecified atom stereocenters. The average Bonchev–Trinajstić information content (AvgIpc) is 3.41. The molecule has 0 aromatic carbocycles. The maximum atomic E-state index is 13.1. The SMILES string of the molecule is O=c1c2ncn3c2ncn1[C@@H]1C=C(COP(=O)(O)OP(=O)(O)OC[C@H]2O[C@@H]3[C@H](O)[C@@H]2O)[C@@H](O)[C@H]1O. The molecule has 192 valence electrons. The molecule has 1 saturated heterocycles. The molecule has 5 heterocycles. The van der Waals surface area contributed by atoms with E-state index in [-0.39, 0.29) is 16.7 Å². The average molecular weight is 538 g/mol. The first-order valence-corrected chi connectivity index (χ1v) is 13.1. The summed E-state index contributed by atoms with van der Waals surface area (Å²) in [5, 5.41) is 41.5. The molecule has 1 aliphatic carbocycles. The molecule has 17 nitrogen and oxygen atoms in total. The highest BCUT2D eigenvalue weighted by Gasteiger charge is 2.47. The molecule has 3 aliphatic heterocycles. The summed E-state index contributed by atoms with van der Waals surface area (Å²) in [5.74, 6) is 0. The number of aliphatic hydroxyl groups excluding tert-OH is 4. The molecule has 6 rings (SSSR count). The van der Waals surface area contributed by atoms with Gasteiger partial charge in [-0.25, -0.2) is 19.1 Å². The fourth-order valence-electron chi connectivity index (χ4n) is 4.12. The molecule has 0 spiro atoms. The van der Waals surface area contributed by atoms with Crippen molar-refractivity contribution in [3.63, 3.8) is 0 Å². The normalized spacial score (nSPS) is 42.3. The number of fused-ring (bicyclic) bond motifs is 7. The van der Waals surface area contributed by atoms with Gasteiger partial charge in [-0.1, -0.05) is 6.08 Å². The molecule has 2 aromatic heterocycles. The van der Waals surface area contributed by atoms with Gasteiger partial charge in [-0.05, 0) is 5.57 Å². The van der Waals surface area contributed by atoms with Gasteiger partial charge in [-0.3, -0.25) is 23.0 Å². The summed E-state index contributed by atoms with van der Waals surface area (Å²) in [6.07, 6.45) is -5.83. The van der Waals surface area contributed by atoms with Gasteiger partial charge in [0.25, 0.3) is 5.56 Å². The molecule has 19 heteroatoms. The number of hydrogen-bond acceptors (Lipinski definition) is 13. The second kappa shape index (κ2) is 8.62. The fourth-order valence-corrected chi connectivity index (χ4v) is 6.19. The number of rotatable bonds is 0. The Bertz CT molecular complexity index is 1340. The molecule has 2 aromatic rings. The zero-order chi connectivity index (χ0) is 25.3. The summed E-state index contributed by atoms with van der Waals surface area (Å²) >= 11 is 0. The zero-order valence-corrected chi connectivity index (χ0v) is 19.2. The quantitative estimate of drug-likeness (QED) is 0.152. The van der Waals surface area contributed by atoms with Crippen molar-refractivity contribution in [1.82, 2.24) is 19.1 Å². The van der Waals surface area contributed by atoms with Crippen LogP contribution in [-0.4, -0.2) is 93.0 Å². The van der Waals surface area contributed by atoms with Gasteiger partial charge < -0.3 is 34.9 Å². The predicted molar refractivity (Wildman–Crippen MR) is 109 cm³/mol. The van der Waals surface area contributed by atoms with E-state index in [9.17, 15) is 44.1 Å². The van der Waals surface area contributed by atoms with Gasteiger partial charge in [0.05, 0.1) is 25.6 Å². The molecule has 1 fully saturated rings. The van der Waals surface area contributed by atoms with E-state index in [2.05, 4.69) is 23.3 Å². The van der Waals surface area contributed by atoms with Crippen molar-refractivity contribution < 1.29 is 57.4 Å². The molecule has 0 saturated carbocycles. The van der Waals surface area contributed by atoms with Crippen molar-refractivity contribution in [2.45, 2.75) is 42.8 Å². The van der Waals surface area contributed by atoms with Crippen molar-refractivity contribution >= 4 is 26.8 Å². The second-order valence-corrected chi connectivity index (χ2v) is 11.1. The molecule has 4 aliphatic rings. The first kappa shape index (κ1) is 24.8. The van der Waals surface area contributed by atoms with Crippen molar-refractivity contribution in [3.05, 3.63) is 34.7 Å². The lowest BCUT2D eigenvalue weighted by atomic mass is 10.1. The summed E-state index contributed by atoms with van der Waals surface area (Å²) in [5.41, 5.74) is -1.07. The minimum Gasteiger partial charge on any atom is -0.388 e. The minimum absolute atomic E-state index is 0.0388. The standard InChI is InChI=1S/C16H20N4O13P2/c21-10-6-1-7(11(10)22)19-5-18-14-9(15(19)25)17-4-20(14)16-13(24)12(23)8(32-16)3-31-35(28,29)33-34(26,27)30-2-6/h1,4-5,7-8,10-13,16,21-24H,2-3H2,(H,26,27)(H,28,29)/t7-,8-,10-,11+,12-,13-,16-/m1/s1. The van der Waals surface area contributed by atoms with Gasteiger partial charge in [0.1, 0.15) is 36.8 Å². The van der Waals surface area contributed by atoms with E-state index in [0.717, 1.165) is 21.8 Å². The third-order valence-electron chi connectivity index (χ3n) is 5.88. The van der Waals surface area contributed by atoms with Crippen LogP contribution >= 0.6 is 15.6 Å². The lowest BCUT2D eigenvalue weighted by Crippen LogP contribution is -2.35. The van der Waals surface area contributed by atoms with Crippen LogP contribution in [0.4, 0.5) is 0 Å². The van der Waals surface area contributed by atoms with Crippen LogP contribution in [-0.2, 0) is 27.2 Å². The Balaban J connectivity index is 1.61. The number of aromatic nitrogens is 4. The van der Waals surface area contributed by atoms with Gasteiger partial charge in [0.2, 0.25) is 0 Å². The van der Waals surface area contributed by atoms with Crippen molar-refractivity contribution in [3.8, 4) is 0 Å². The Morgan fingerprint density at radius 3 is 2.37 bits per heavy atom. The first-order chi connectivity index (χ1) is 16.4. The number of imidazole rings is 1. The topological polar surface area (TPSA) is 245 Å². The van der Waals surface area contributed by atoms with Crippen LogP contribution in [0.5, 0.6) is 0 Å². The van der Waals surface area contributed by atoms with Crippen LogP contribution in [0.15, 0.2) is 29.1 Å². The number of phosphoric ester groups is 2.